The fourth-order valence-corrected chi connectivity index (χ4v) is 5.33. The number of aryl methyl sites for hydroxylation is 1. The van der Waals surface area contributed by atoms with E-state index in [1.807, 2.05) is 11.8 Å². The van der Waals surface area contributed by atoms with Gasteiger partial charge in [0.15, 0.2) is 0 Å². The van der Waals surface area contributed by atoms with E-state index in [2.05, 4.69) is 71.5 Å². The van der Waals surface area contributed by atoms with Gasteiger partial charge in [-0.2, -0.15) is 0 Å². The molecule has 3 heteroatoms. The number of H-pyrrole nitrogens is 1. The Morgan fingerprint density at radius 2 is 1.89 bits per heavy atom. The topological polar surface area (TPSA) is 19.0 Å². The first-order chi connectivity index (χ1) is 13.8. The molecule has 0 unspecified atom stereocenters. The quantitative estimate of drug-likeness (QED) is 0.349. The summed E-state index contributed by atoms with van der Waals surface area (Å²) < 4.78 is 0. The van der Waals surface area contributed by atoms with E-state index in [1.165, 1.54) is 84.4 Å². The third-order valence-corrected chi connectivity index (χ3v) is 7.05. The van der Waals surface area contributed by atoms with Gasteiger partial charge in [0.2, 0.25) is 0 Å². The lowest BCUT2D eigenvalue weighted by Crippen LogP contribution is -2.33. The van der Waals surface area contributed by atoms with Crippen molar-refractivity contribution in [1.29, 1.82) is 0 Å². The lowest BCUT2D eigenvalue weighted by molar-refractivity contribution is 0.213. The number of nitrogens with one attached hydrogen (secondary N) is 1. The zero-order valence-corrected chi connectivity index (χ0v) is 17.8. The standard InChI is InChI=1S/C25H32N2S/c1-2-14-27-15-12-21(13-16-27)24-19-26-25-11-10-22(18-23(24)25)28-17-6-9-20-7-4-3-5-8-20/h3-5,7-8,10-11,18-19,21,26H,2,6,9,12-17H2,1H3. The van der Waals surface area contributed by atoms with Crippen molar-refractivity contribution in [2.45, 2.75) is 49.8 Å². The van der Waals surface area contributed by atoms with Crippen LogP contribution in [0.5, 0.6) is 0 Å². The first kappa shape index (κ1) is 19.6. The van der Waals surface area contributed by atoms with Crippen LogP contribution in [0, 0.1) is 0 Å². The van der Waals surface area contributed by atoms with E-state index in [4.69, 9.17) is 0 Å². The number of rotatable bonds is 8. The summed E-state index contributed by atoms with van der Waals surface area (Å²) in [5.41, 5.74) is 4.28. The van der Waals surface area contributed by atoms with Crippen LogP contribution in [0.2, 0.25) is 0 Å². The Kier molecular flexibility index (Phi) is 6.77. The summed E-state index contributed by atoms with van der Waals surface area (Å²) in [6.07, 6.45) is 8.52. The minimum absolute atomic E-state index is 0.709. The van der Waals surface area contributed by atoms with Gasteiger partial charge in [0.1, 0.15) is 0 Å². The predicted molar refractivity (Wildman–Crippen MR) is 122 cm³/mol. The van der Waals surface area contributed by atoms with Gasteiger partial charge in [-0.15, -0.1) is 11.8 Å². The van der Waals surface area contributed by atoms with E-state index >= 15 is 0 Å². The van der Waals surface area contributed by atoms with Gasteiger partial charge in [-0.1, -0.05) is 37.3 Å². The number of nitrogens with zero attached hydrogens (tertiary/aromatic N) is 1. The summed E-state index contributed by atoms with van der Waals surface area (Å²) in [7, 11) is 0. The van der Waals surface area contributed by atoms with Crippen molar-refractivity contribution in [1.82, 2.24) is 9.88 Å². The molecule has 1 aromatic heterocycles. The molecule has 2 aromatic carbocycles. The van der Waals surface area contributed by atoms with Gasteiger partial charge in [-0.25, -0.2) is 0 Å². The number of piperidine rings is 1. The highest BCUT2D eigenvalue weighted by Gasteiger charge is 2.22. The maximum Gasteiger partial charge on any atom is 0.0457 e. The van der Waals surface area contributed by atoms with E-state index in [0.29, 0.717) is 5.92 Å². The molecule has 2 nitrogen and oxygen atoms in total. The summed E-state index contributed by atoms with van der Waals surface area (Å²) in [5, 5.41) is 1.45. The molecule has 148 valence electrons. The molecule has 0 aliphatic carbocycles. The van der Waals surface area contributed by atoms with E-state index in [9.17, 15) is 0 Å². The molecule has 0 amide bonds. The molecule has 0 radical (unpaired) electrons. The van der Waals surface area contributed by atoms with Crippen molar-refractivity contribution < 1.29 is 0 Å². The minimum Gasteiger partial charge on any atom is -0.361 e. The number of fused-ring (bicyclic) bond motifs is 1. The van der Waals surface area contributed by atoms with Crippen molar-refractivity contribution in [2.24, 2.45) is 0 Å². The Balaban J connectivity index is 1.36. The predicted octanol–water partition coefficient (Wildman–Crippen LogP) is 6.48. The first-order valence-electron chi connectivity index (χ1n) is 10.8. The number of aromatic amines is 1. The van der Waals surface area contributed by atoms with Gasteiger partial charge < -0.3 is 9.88 Å². The molecule has 1 aliphatic heterocycles. The molecule has 1 saturated heterocycles. The van der Waals surface area contributed by atoms with Gasteiger partial charge >= 0.3 is 0 Å². The van der Waals surface area contributed by atoms with E-state index in [1.54, 1.807) is 0 Å². The van der Waals surface area contributed by atoms with Crippen LogP contribution >= 0.6 is 11.8 Å². The van der Waals surface area contributed by atoms with Crippen molar-refractivity contribution in [2.75, 3.05) is 25.4 Å². The number of aromatic nitrogens is 1. The third kappa shape index (κ3) is 4.82. The average Bonchev–Trinajstić information content (AvgIpc) is 3.16. The van der Waals surface area contributed by atoms with Gasteiger partial charge in [-0.05, 0) is 92.7 Å². The molecule has 1 N–H and O–H groups in total. The Bertz CT molecular complexity index is 863. The molecule has 0 bridgehead atoms. The van der Waals surface area contributed by atoms with Crippen molar-refractivity contribution in [3.05, 3.63) is 65.9 Å². The summed E-state index contributed by atoms with van der Waals surface area (Å²) in [6.45, 7) is 6.04. The summed E-state index contributed by atoms with van der Waals surface area (Å²) >= 11 is 2.00. The van der Waals surface area contributed by atoms with Crippen molar-refractivity contribution in [3.8, 4) is 0 Å². The van der Waals surface area contributed by atoms with Gasteiger partial charge in [-0.3, -0.25) is 0 Å². The molecule has 0 saturated carbocycles. The van der Waals surface area contributed by atoms with Crippen LogP contribution in [0.4, 0.5) is 0 Å². The lowest BCUT2D eigenvalue weighted by atomic mass is 9.89. The largest absolute Gasteiger partial charge is 0.361 e. The number of likely N-dealkylation sites (tertiary alicyclic amines) is 1. The molecular weight excluding hydrogens is 360 g/mol. The highest BCUT2D eigenvalue weighted by Crippen LogP contribution is 2.35. The zero-order chi connectivity index (χ0) is 19.2. The molecule has 1 fully saturated rings. The van der Waals surface area contributed by atoms with Crippen LogP contribution < -0.4 is 0 Å². The maximum atomic E-state index is 3.51. The zero-order valence-electron chi connectivity index (χ0n) is 17.0. The molecule has 0 spiro atoms. The Labute approximate surface area is 173 Å². The Hall–Kier alpha value is -1.71. The molecule has 4 rings (SSSR count). The molecule has 3 aromatic rings. The van der Waals surface area contributed by atoms with Crippen LogP contribution in [0.25, 0.3) is 10.9 Å². The van der Waals surface area contributed by atoms with Gasteiger partial charge in [0, 0.05) is 22.0 Å². The maximum absolute atomic E-state index is 3.51. The number of benzene rings is 2. The van der Waals surface area contributed by atoms with Crippen LogP contribution in [0.15, 0.2) is 59.6 Å². The van der Waals surface area contributed by atoms with Crippen LogP contribution in [0.1, 0.15) is 49.7 Å². The van der Waals surface area contributed by atoms with E-state index in [0.717, 1.165) is 0 Å². The normalized spacial score (nSPS) is 16.0. The van der Waals surface area contributed by atoms with Gasteiger partial charge in [0.05, 0.1) is 0 Å². The Morgan fingerprint density at radius 3 is 2.68 bits per heavy atom. The summed E-state index contributed by atoms with van der Waals surface area (Å²) in [5.74, 6) is 1.88. The molecule has 0 atom stereocenters. The van der Waals surface area contributed by atoms with E-state index < -0.39 is 0 Å². The number of hydrogen-bond donors (Lipinski definition) is 1. The molecule has 28 heavy (non-hydrogen) atoms. The second kappa shape index (κ2) is 9.67. The van der Waals surface area contributed by atoms with Crippen LogP contribution in [-0.2, 0) is 6.42 Å². The van der Waals surface area contributed by atoms with Crippen molar-refractivity contribution >= 4 is 22.7 Å². The van der Waals surface area contributed by atoms with Crippen molar-refractivity contribution in [3.63, 3.8) is 0 Å². The molecule has 1 aliphatic rings. The minimum atomic E-state index is 0.709. The lowest BCUT2D eigenvalue weighted by Gasteiger charge is -2.31. The smallest absolute Gasteiger partial charge is 0.0457 e. The number of hydrogen-bond acceptors (Lipinski definition) is 2. The third-order valence-electron chi connectivity index (χ3n) is 5.97. The SMILES string of the molecule is CCCN1CCC(c2c[nH]c3ccc(SCCCc4ccccc4)cc23)CC1. The molecule has 2 heterocycles. The van der Waals surface area contributed by atoms with Crippen LogP contribution in [0.3, 0.4) is 0 Å². The second-order valence-electron chi connectivity index (χ2n) is 8.00. The fourth-order valence-electron chi connectivity index (χ4n) is 4.44. The first-order valence-corrected chi connectivity index (χ1v) is 11.8. The Morgan fingerprint density at radius 1 is 1.07 bits per heavy atom. The average molecular weight is 393 g/mol. The van der Waals surface area contributed by atoms with Gasteiger partial charge in [0.25, 0.3) is 0 Å². The number of thioether (sulfide) groups is 1. The monoisotopic (exact) mass is 392 g/mol. The molecular formula is C25H32N2S. The summed E-state index contributed by atoms with van der Waals surface area (Å²) in [4.78, 5) is 7.55. The highest BCUT2D eigenvalue weighted by molar-refractivity contribution is 7.99. The highest BCUT2D eigenvalue weighted by atomic mass is 32.2. The van der Waals surface area contributed by atoms with E-state index in [-0.39, 0.29) is 0 Å². The summed E-state index contributed by atoms with van der Waals surface area (Å²) in [6, 6.07) is 17.8. The fraction of sp³-hybridized carbons (Fsp3) is 0.440. The van der Waals surface area contributed by atoms with Crippen LogP contribution in [-0.4, -0.2) is 35.3 Å². The second-order valence-corrected chi connectivity index (χ2v) is 9.17.